The molecule has 1 aliphatic carbocycles. The molecule has 4 rings (SSSR count). The number of aromatic nitrogens is 1. The first-order valence-electron chi connectivity index (χ1n) is 10.2. The SMILES string of the molecule is CC(=O)NC[C@H]1CC[C@@H](CC(=O)NCc2nc3ccccc3o2)N1CC1CC1. The smallest absolute Gasteiger partial charge is 0.222 e. The summed E-state index contributed by atoms with van der Waals surface area (Å²) in [4.78, 5) is 30.7. The van der Waals surface area contributed by atoms with E-state index in [1.165, 1.54) is 12.8 Å². The molecule has 2 aliphatic rings. The Kier molecular flexibility index (Phi) is 5.62. The highest BCUT2D eigenvalue weighted by atomic mass is 16.3. The maximum absolute atomic E-state index is 12.5. The molecule has 0 bridgehead atoms. The largest absolute Gasteiger partial charge is 0.439 e. The minimum Gasteiger partial charge on any atom is -0.439 e. The molecule has 2 N–H and O–H groups in total. The van der Waals surface area contributed by atoms with E-state index < -0.39 is 0 Å². The molecule has 28 heavy (non-hydrogen) atoms. The lowest BCUT2D eigenvalue weighted by molar-refractivity contribution is -0.123. The van der Waals surface area contributed by atoms with Crippen LogP contribution in [0.3, 0.4) is 0 Å². The van der Waals surface area contributed by atoms with E-state index in [2.05, 4.69) is 20.5 Å². The van der Waals surface area contributed by atoms with Gasteiger partial charge in [0, 0.05) is 38.5 Å². The average Bonchev–Trinajstić information content (AvgIpc) is 3.27. The normalized spacial score (nSPS) is 22.5. The van der Waals surface area contributed by atoms with Crippen molar-refractivity contribution in [2.75, 3.05) is 13.1 Å². The van der Waals surface area contributed by atoms with Gasteiger partial charge in [-0.15, -0.1) is 0 Å². The number of nitrogens with one attached hydrogen (secondary N) is 2. The lowest BCUT2D eigenvalue weighted by Crippen LogP contribution is -2.45. The topological polar surface area (TPSA) is 87.5 Å². The maximum Gasteiger partial charge on any atom is 0.222 e. The summed E-state index contributed by atoms with van der Waals surface area (Å²) in [5, 5.41) is 5.89. The Bertz CT molecular complexity index is 812. The van der Waals surface area contributed by atoms with Crippen LogP contribution in [0.4, 0.5) is 0 Å². The number of oxazole rings is 1. The van der Waals surface area contributed by atoms with Gasteiger partial charge in [0.2, 0.25) is 17.7 Å². The van der Waals surface area contributed by atoms with Crippen LogP contribution in [0.2, 0.25) is 0 Å². The first kappa shape index (κ1) is 18.9. The quantitative estimate of drug-likeness (QED) is 0.729. The molecule has 1 aromatic carbocycles. The van der Waals surface area contributed by atoms with E-state index in [0.717, 1.165) is 36.4 Å². The van der Waals surface area contributed by atoms with E-state index in [9.17, 15) is 9.59 Å². The molecular weight excluding hydrogens is 356 g/mol. The first-order chi connectivity index (χ1) is 13.6. The van der Waals surface area contributed by atoms with Crippen LogP contribution in [0.1, 0.15) is 44.9 Å². The van der Waals surface area contributed by atoms with Crippen molar-refractivity contribution in [3.05, 3.63) is 30.2 Å². The Morgan fingerprint density at radius 2 is 1.93 bits per heavy atom. The Labute approximate surface area is 164 Å². The second-order valence-electron chi connectivity index (χ2n) is 8.02. The van der Waals surface area contributed by atoms with E-state index in [1.807, 2.05) is 24.3 Å². The predicted octanol–water partition coefficient (Wildman–Crippen LogP) is 2.21. The van der Waals surface area contributed by atoms with Gasteiger partial charge in [0.1, 0.15) is 5.52 Å². The Balaban J connectivity index is 1.31. The number of amides is 2. The number of rotatable bonds is 8. The van der Waals surface area contributed by atoms with Crippen molar-refractivity contribution in [2.24, 2.45) is 5.92 Å². The molecular formula is C21H28N4O3. The maximum atomic E-state index is 12.5. The molecule has 0 radical (unpaired) electrons. The van der Waals surface area contributed by atoms with E-state index >= 15 is 0 Å². The number of carbonyl (C=O) groups excluding carboxylic acids is 2. The third-order valence-electron chi connectivity index (χ3n) is 5.72. The van der Waals surface area contributed by atoms with Crippen LogP contribution in [0.25, 0.3) is 11.1 Å². The molecule has 2 amide bonds. The zero-order valence-electron chi connectivity index (χ0n) is 16.3. The number of benzene rings is 1. The number of nitrogens with zero attached hydrogens (tertiary/aromatic N) is 2. The fourth-order valence-electron chi connectivity index (χ4n) is 4.07. The number of hydrogen-bond donors (Lipinski definition) is 2. The number of carbonyl (C=O) groups is 2. The number of fused-ring (bicyclic) bond motifs is 1. The van der Waals surface area contributed by atoms with Gasteiger partial charge in [0.05, 0.1) is 6.54 Å². The summed E-state index contributed by atoms with van der Waals surface area (Å²) in [7, 11) is 0. The van der Waals surface area contributed by atoms with Crippen molar-refractivity contribution < 1.29 is 14.0 Å². The zero-order valence-corrected chi connectivity index (χ0v) is 16.3. The Morgan fingerprint density at radius 3 is 2.68 bits per heavy atom. The van der Waals surface area contributed by atoms with Gasteiger partial charge < -0.3 is 15.1 Å². The third-order valence-corrected chi connectivity index (χ3v) is 5.72. The van der Waals surface area contributed by atoms with Crippen molar-refractivity contribution in [2.45, 2.75) is 57.7 Å². The van der Waals surface area contributed by atoms with Crippen molar-refractivity contribution in [1.82, 2.24) is 20.5 Å². The average molecular weight is 384 g/mol. The van der Waals surface area contributed by atoms with Gasteiger partial charge in [-0.2, -0.15) is 0 Å². The first-order valence-corrected chi connectivity index (χ1v) is 10.2. The number of hydrogen-bond acceptors (Lipinski definition) is 5. The molecule has 1 aliphatic heterocycles. The molecule has 7 heteroatoms. The zero-order chi connectivity index (χ0) is 19.5. The molecule has 1 saturated carbocycles. The summed E-state index contributed by atoms with van der Waals surface area (Å²) in [6.07, 6.45) is 5.05. The summed E-state index contributed by atoms with van der Waals surface area (Å²) in [5.74, 6) is 1.31. The standard InChI is InChI=1S/C21H28N4O3/c1-14(26)22-11-17-9-8-16(25(17)13-15-6-7-15)10-20(27)23-12-21-24-18-4-2-3-5-19(18)28-21/h2-5,15-17H,6-13H2,1H3,(H,22,26)(H,23,27)/t16-,17+/m0/s1. The summed E-state index contributed by atoms with van der Waals surface area (Å²) in [6.45, 7) is 3.56. The molecule has 0 unspecified atom stereocenters. The van der Waals surface area contributed by atoms with Gasteiger partial charge in [0.25, 0.3) is 0 Å². The monoisotopic (exact) mass is 384 g/mol. The van der Waals surface area contributed by atoms with Gasteiger partial charge >= 0.3 is 0 Å². The van der Waals surface area contributed by atoms with Crippen LogP contribution in [0.15, 0.2) is 28.7 Å². The van der Waals surface area contributed by atoms with E-state index in [1.54, 1.807) is 6.92 Å². The second kappa shape index (κ2) is 8.31. The number of para-hydroxylation sites is 2. The van der Waals surface area contributed by atoms with Crippen molar-refractivity contribution in [3.63, 3.8) is 0 Å². The number of likely N-dealkylation sites (tertiary alicyclic amines) is 1. The van der Waals surface area contributed by atoms with Crippen LogP contribution < -0.4 is 10.6 Å². The highest BCUT2D eigenvalue weighted by Crippen LogP contribution is 2.35. The van der Waals surface area contributed by atoms with Gasteiger partial charge in [-0.1, -0.05) is 12.1 Å². The van der Waals surface area contributed by atoms with Gasteiger partial charge in [-0.05, 0) is 43.7 Å². The van der Waals surface area contributed by atoms with Gasteiger partial charge in [-0.25, -0.2) is 4.98 Å². The van der Waals surface area contributed by atoms with Gasteiger partial charge in [-0.3, -0.25) is 14.5 Å². The molecule has 2 heterocycles. The van der Waals surface area contributed by atoms with E-state index in [4.69, 9.17) is 4.42 Å². The molecule has 2 aromatic rings. The molecule has 0 spiro atoms. The lowest BCUT2D eigenvalue weighted by Gasteiger charge is -2.30. The summed E-state index contributed by atoms with van der Waals surface area (Å²) in [5.41, 5.74) is 1.54. The minimum atomic E-state index is 0.00546. The summed E-state index contributed by atoms with van der Waals surface area (Å²) in [6, 6.07) is 8.16. The van der Waals surface area contributed by atoms with Crippen LogP contribution in [0, 0.1) is 5.92 Å². The highest BCUT2D eigenvalue weighted by Gasteiger charge is 2.37. The fourth-order valence-corrected chi connectivity index (χ4v) is 4.07. The van der Waals surface area contributed by atoms with Crippen LogP contribution >= 0.6 is 0 Å². The summed E-state index contributed by atoms with van der Waals surface area (Å²) < 4.78 is 5.67. The third kappa shape index (κ3) is 4.70. The van der Waals surface area contributed by atoms with E-state index in [-0.39, 0.29) is 17.9 Å². The molecule has 2 fully saturated rings. The minimum absolute atomic E-state index is 0.00546. The molecule has 1 aromatic heterocycles. The van der Waals surface area contributed by atoms with Crippen molar-refractivity contribution in [1.29, 1.82) is 0 Å². The van der Waals surface area contributed by atoms with Crippen LogP contribution in [-0.4, -0.2) is 46.9 Å². The van der Waals surface area contributed by atoms with E-state index in [0.29, 0.717) is 31.4 Å². The fraction of sp³-hybridized carbons (Fsp3) is 0.571. The van der Waals surface area contributed by atoms with Crippen LogP contribution in [-0.2, 0) is 16.1 Å². The molecule has 2 atom stereocenters. The molecule has 1 saturated heterocycles. The highest BCUT2D eigenvalue weighted by molar-refractivity contribution is 5.77. The molecule has 7 nitrogen and oxygen atoms in total. The second-order valence-corrected chi connectivity index (χ2v) is 8.02. The van der Waals surface area contributed by atoms with Gasteiger partial charge in [0.15, 0.2) is 5.58 Å². The van der Waals surface area contributed by atoms with Crippen molar-refractivity contribution >= 4 is 22.9 Å². The lowest BCUT2D eigenvalue weighted by atomic mass is 10.1. The Morgan fingerprint density at radius 1 is 1.14 bits per heavy atom. The summed E-state index contributed by atoms with van der Waals surface area (Å²) >= 11 is 0. The molecule has 150 valence electrons. The Hall–Kier alpha value is -2.41. The van der Waals surface area contributed by atoms with Crippen molar-refractivity contribution in [3.8, 4) is 0 Å². The van der Waals surface area contributed by atoms with Crippen LogP contribution in [0.5, 0.6) is 0 Å². The predicted molar refractivity (Wildman–Crippen MR) is 105 cm³/mol.